The van der Waals surface area contributed by atoms with Gasteiger partial charge in [0.25, 0.3) is 0 Å². The average molecular weight is 498 g/mol. The van der Waals surface area contributed by atoms with Crippen molar-refractivity contribution < 1.29 is 22.4 Å². The van der Waals surface area contributed by atoms with E-state index < -0.39 is 45.8 Å². The van der Waals surface area contributed by atoms with Crippen molar-refractivity contribution >= 4 is 39.1 Å². The molecule has 10 heteroatoms. The largest absolute Gasteiger partial charge is 0.350 e. The second-order valence-electron chi connectivity index (χ2n) is 8.77. The predicted octanol–water partition coefficient (Wildman–Crippen LogP) is 3.58. The fraction of sp³-hybridized carbons (Fsp3) is 0.391. The molecule has 2 aromatic carbocycles. The summed E-state index contributed by atoms with van der Waals surface area (Å²) < 4.78 is 39.1. The summed E-state index contributed by atoms with van der Waals surface area (Å²) in [6, 6.07) is 10.8. The Bertz CT molecular complexity index is 1100. The normalized spacial score (nSPS) is 12.7. The van der Waals surface area contributed by atoms with Crippen molar-refractivity contribution in [2.24, 2.45) is 0 Å². The van der Waals surface area contributed by atoms with Gasteiger partial charge in [0.05, 0.1) is 11.9 Å². The van der Waals surface area contributed by atoms with Crippen molar-refractivity contribution in [2.75, 3.05) is 17.1 Å². The standard InChI is InChI=1S/C23H29ClFN3O4S/c1-16(22(30)26-23(2,3)4)27(14-17-8-6-7-9-20(17)24)21(29)15-28(33(5,31)32)19-12-10-18(25)11-13-19/h6-13,16H,14-15H2,1-5H3,(H,26,30)/t16-/m0/s1. The number of carbonyl (C=O) groups excluding carboxylic acids is 2. The van der Waals surface area contributed by atoms with Crippen molar-refractivity contribution in [3.05, 3.63) is 64.9 Å². The number of sulfonamides is 1. The highest BCUT2D eigenvalue weighted by Crippen LogP contribution is 2.22. The van der Waals surface area contributed by atoms with Crippen LogP contribution in [-0.2, 0) is 26.2 Å². The summed E-state index contributed by atoms with van der Waals surface area (Å²) in [4.78, 5) is 27.5. The Hall–Kier alpha value is -2.65. The van der Waals surface area contributed by atoms with Gasteiger partial charge in [0.2, 0.25) is 21.8 Å². The first-order valence-electron chi connectivity index (χ1n) is 10.3. The molecular weight excluding hydrogens is 469 g/mol. The number of rotatable bonds is 8. The number of halogens is 2. The summed E-state index contributed by atoms with van der Waals surface area (Å²) in [6.45, 7) is 6.45. The lowest BCUT2D eigenvalue weighted by atomic mass is 10.1. The maximum absolute atomic E-state index is 13.4. The monoisotopic (exact) mass is 497 g/mol. The van der Waals surface area contributed by atoms with Crippen molar-refractivity contribution in [1.82, 2.24) is 10.2 Å². The van der Waals surface area contributed by atoms with Crippen LogP contribution >= 0.6 is 11.6 Å². The van der Waals surface area contributed by atoms with Crippen molar-refractivity contribution in [2.45, 2.75) is 45.8 Å². The number of carbonyl (C=O) groups is 2. The van der Waals surface area contributed by atoms with Crippen LogP contribution in [0, 0.1) is 5.82 Å². The number of anilines is 1. The minimum Gasteiger partial charge on any atom is -0.350 e. The fourth-order valence-corrected chi connectivity index (χ4v) is 4.13. The van der Waals surface area contributed by atoms with Crippen LogP contribution in [0.1, 0.15) is 33.3 Å². The van der Waals surface area contributed by atoms with Gasteiger partial charge in [0.1, 0.15) is 18.4 Å². The molecule has 2 rings (SSSR count). The molecule has 7 nitrogen and oxygen atoms in total. The lowest BCUT2D eigenvalue weighted by molar-refractivity contribution is -0.140. The SMILES string of the molecule is C[C@@H](C(=O)NC(C)(C)C)N(Cc1ccccc1Cl)C(=O)CN(c1ccc(F)cc1)S(C)(=O)=O. The topological polar surface area (TPSA) is 86.8 Å². The number of amides is 2. The van der Waals surface area contributed by atoms with Gasteiger partial charge < -0.3 is 10.2 Å². The molecule has 0 unspecified atom stereocenters. The molecule has 33 heavy (non-hydrogen) atoms. The molecule has 1 N–H and O–H groups in total. The van der Waals surface area contributed by atoms with Crippen LogP contribution < -0.4 is 9.62 Å². The minimum absolute atomic E-state index is 0.00173. The quantitative estimate of drug-likeness (QED) is 0.604. The molecule has 0 bridgehead atoms. The second kappa shape index (κ2) is 10.5. The molecule has 1 atom stereocenters. The summed E-state index contributed by atoms with van der Waals surface area (Å²) in [5.74, 6) is -1.54. The van der Waals surface area contributed by atoms with Crippen LogP contribution in [0.25, 0.3) is 0 Å². The highest BCUT2D eigenvalue weighted by Gasteiger charge is 2.31. The Kier molecular flexibility index (Phi) is 8.48. The van der Waals surface area contributed by atoms with E-state index in [0.717, 1.165) is 22.7 Å². The van der Waals surface area contributed by atoms with Crippen LogP contribution in [0.2, 0.25) is 5.02 Å². The summed E-state index contributed by atoms with van der Waals surface area (Å²) in [5.41, 5.74) is 0.213. The van der Waals surface area contributed by atoms with Gasteiger partial charge in [-0.05, 0) is 63.6 Å². The van der Waals surface area contributed by atoms with E-state index in [0.29, 0.717) is 10.6 Å². The van der Waals surface area contributed by atoms with E-state index in [-0.39, 0.29) is 12.2 Å². The molecule has 2 aromatic rings. The Balaban J connectivity index is 2.41. The molecule has 180 valence electrons. The number of hydrogen-bond donors (Lipinski definition) is 1. The number of nitrogens with zero attached hydrogens (tertiary/aromatic N) is 2. The summed E-state index contributed by atoms with van der Waals surface area (Å²) in [5, 5.41) is 3.25. The molecule has 2 amide bonds. The van der Waals surface area contributed by atoms with Crippen LogP contribution in [-0.4, -0.2) is 49.5 Å². The van der Waals surface area contributed by atoms with E-state index in [1.807, 2.05) is 20.8 Å². The predicted molar refractivity (Wildman–Crippen MR) is 128 cm³/mol. The van der Waals surface area contributed by atoms with Gasteiger partial charge in [0, 0.05) is 17.1 Å². The average Bonchev–Trinajstić information content (AvgIpc) is 2.69. The zero-order chi connectivity index (χ0) is 25.0. The molecule has 0 radical (unpaired) electrons. The Morgan fingerprint density at radius 1 is 1.09 bits per heavy atom. The first-order valence-corrected chi connectivity index (χ1v) is 12.5. The molecule has 0 aliphatic rings. The van der Waals surface area contributed by atoms with Crippen molar-refractivity contribution in [3.63, 3.8) is 0 Å². The lowest BCUT2D eigenvalue weighted by Gasteiger charge is -2.33. The molecule has 0 saturated heterocycles. The third-order valence-electron chi connectivity index (χ3n) is 4.76. The summed E-state index contributed by atoms with van der Waals surface area (Å²) in [6.07, 6.45) is 0.956. The highest BCUT2D eigenvalue weighted by molar-refractivity contribution is 7.92. The number of hydrogen-bond acceptors (Lipinski definition) is 4. The third-order valence-corrected chi connectivity index (χ3v) is 6.27. The second-order valence-corrected chi connectivity index (χ2v) is 11.1. The first-order chi connectivity index (χ1) is 15.2. The van der Waals surface area contributed by atoms with Crippen molar-refractivity contribution in [3.8, 4) is 0 Å². The molecule has 0 aliphatic heterocycles. The maximum atomic E-state index is 13.4. The van der Waals surface area contributed by atoms with E-state index in [1.54, 1.807) is 31.2 Å². The molecule has 0 aliphatic carbocycles. The maximum Gasteiger partial charge on any atom is 0.244 e. The molecule has 0 spiro atoms. The van der Waals surface area contributed by atoms with E-state index in [2.05, 4.69) is 5.32 Å². The van der Waals surface area contributed by atoms with Gasteiger partial charge in [-0.2, -0.15) is 0 Å². The van der Waals surface area contributed by atoms with Crippen LogP contribution in [0.3, 0.4) is 0 Å². The molecule has 0 heterocycles. The van der Waals surface area contributed by atoms with Crippen LogP contribution in [0.5, 0.6) is 0 Å². The van der Waals surface area contributed by atoms with Gasteiger partial charge in [-0.3, -0.25) is 13.9 Å². The zero-order valence-corrected chi connectivity index (χ0v) is 20.9. The van der Waals surface area contributed by atoms with Gasteiger partial charge in [0.15, 0.2) is 0 Å². The van der Waals surface area contributed by atoms with Gasteiger partial charge >= 0.3 is 0 Å². The van der Waals surface area contributed by atoms with E-state index in [4.69, 9.17) is 11.6 Å². The smallest absolute Gasteiger partial charge is 0.244 e. The number of nitrogens with one attached hydrogen (secondary N) is 1. The summed E-state index contributed by atoms with van der Waals surface area (Å²) in [7, 11) is -3.88. The Morgan fingerprint density at radius 3 is 2.18 bits per heavy atom. The molecule has 0 aromatic heterocycles. The zero-order valence-electron chi connectivity index (χ0n) is 19.3. The van der Waals surface area contributed by atoms with E-state index in [9.17, 15) is 22.4 Å². The van der Waals surface area contributed by atoms with Gasteiger partial charge in [-0.25, -0.2) is 12.8 Å². The molecular formula is C23H29ClFN3O4S. The van der Waals surface area contributed by atoms with Crippen LogP contribution in [0.4, 0.5) is 10.1 Å². The van der Waals surface area contributed by atoms with Crippen LogP contribution in [0.15, 0.2) is 48.5 Å². The first kappa shape index (κ1) is 26.6. The third kappa shape index (κ3) is 7.71. The Labute approximate surface area is 199 Å². The molecule has 0 saturated carbocycles. The van der Waals surface area contributed by atoms with E-state index in [1.165, 1.54) is 17.0 Å². The minimum atomic E-state index is -3.88. The van der Waals surface area contributed by atoms with Gasteiger partial charge in [-0.15, -0.1) is 0 Å². The van der Waals surface area contributed by atoms with E-state index >= 15 is 0 Å². The highest BCUT2D eigenvalue weighted by atomic mass is 35.5. The van der Waals surface area contributed by atoms with Crippen molar-refractivity contribution in [1.29, 1.82) is 0 Å². The Morgan fingerprint density at radius 2 is 1.67 bits per heavy atom. The number of benzene rings is 2. The molecule has 0 fully saturated rings. The van der Waals surface area contributed by atoms with Gasteiger partial charge in [-0.1, -0.05) is 29.8 Å². The fourth-order valence-electron chi connectivity index (χ4n) is 3.09. The lowest BCUT2D eigenvalue weighted by Crippen LogP contribution is -2.54. The summed E-state index contributed by atoms with van der Waals surface area (Å²) >= 11 is 6.27.